The molecule has 6 nitrogen and oxygen atoms in total. The minimum atomic E-state index is -4.45. The summed E-state index contributed by atoms with van der Waals surface area (Å²) < 4.78 is 92.7. The van der Waals surface area contributed by atoms with Crippen LogP contribution in [0, 0.1) is 11.8 Å². The third kappa shape index (κ3) is 7.45. The molecule has 0 heterocycles. The Balaban J connectivity index is 1.63. The highest BCUT2D eigenvalue weighted by Gasteiger charge is 2.48. The number of hydrogen-bond donors (Lipinski definition) is 0. The molecule has 3 rings (SSSR count). The lowest BCUT2D eigenvalue weighted by molar-refractivity contribution is -0.181. The second-order valence-corrected chi connectivity index (χ2v) is 12.8. The van der Waals surface area contributed by atoms with Gasteiger partial charge in [-0.25, -0.2) is 12.8 Å². The number of rotatable bonds is 8. The molecule has 5 atom stereocenters. The van der Waals surface area contributed by atoms with E-state index >= 15 is 0 Å². The van der Waals surface area contributed by atoms with Gasteiger partial charge in [-0.3, -0.25) is 4.79 Å². The predicted molar refractivity (Wildman–Crippen MR) is 123 cm³/mol. The Bertz CT molecular complexity index is 796. The highest BCUT2D eigenvalue weighted by molar-refractivity contribution is 7.89. The van der Waals surface area contributed by atoms with Crippen molar-refractivity contribution in [3.8, 4) is 0 Å². The van der Waals surface area contributed by atoms with Crippen LogP contribution in [0.4, 0.5) is 17.6 Å². The Morgan fingerprint density at radius 1 is 1.03 bits per heavy atom. The van der Waals surface area contributed by atoms with Crippen LogP contribution in [0.15, 0.2) is 0 Å². The van der Waals surface area contributed by atoms with Gasteiger partial charge in [0, 0.05) is 17.3 Å². The molecule has 0 N–H and O–H groups in total. The average Bonchev–Trinajstić information content (AvgIpc) is 2.82. The Labute approximate surface area is 210 Å². The van der Waals surface area contributed by atoms with Crippen LogP contribution in [0.5, 0.6) is 0 Å². The molecule has 5 unspecified atom stereocenters. The Kier molecular flexibility index (Phi) is 10.1. The molecule has 35 heavy (non-hydrogen) atoms. The molecule has 0 saturated heterocycles. The van der Waals surface area contributed by atoms with Crippen LogP contribution < -0.4 is 0 Å². The summed E-state index contributed by atoms with van der Waals surface area (Å²) >= 11 is 6.28. The molecule has 0 radical (unpaired) electrons. The number of methoxy groups -OCH3 is 1. The monoisotopic (exact) mass is 549 g/mol. The van der Waals surface area contributed by atoms with Gasteiger partial charge in [0.15, 0.2) is 0 Å². The summed E-state index contributed by atoms with van der Waals surface area (Å²) in [4.78, 5) is 12.0. The standard InChI is InChI=1S/C23H36ClF4NO5S/c1-33-22(30)13-29(35(31,32)18-5-2-4-15(12-18)23(26,27)28)16-8-10-17(11-9-16)34-14-19-20(24)6-3-7-21(19)25/h15-21H,2-14H2,1H3. The van der Waals surface area contributed by atoms with Crippen molar-refractivity contribution in [3.63, 3.8) is 0 Å². The maximum atomic E-state index is 14.2. The van der Waals surface area contributed by atoms with Gasteiger partial charge in [0.2, 0.25) is 10.0 Å². The van der Waals surface area contributed by atoms with E-state index in [0.717, 1.165) is 24.3 Å². The third-order valence-corrected chi connectivity index (χ3v) is 10.7. The highest BCUT2D eigenvalue weighted by atomic mass is 35.5. The fourth-order valence-electron chi connectivity index (χ4n) is 5.64. The average molecular weight is 550 g/mol. The minimum Gasteiger partial charge on any atom is -0.468 e. The first-order valence-electron chi connectivity index (χ1n) is 12.5. The van der Waals surface area contributed by atoms with Crippen molar-refractivity contribution < 1.29 is 40.2 Å². The Morgan fingerprint density at radius 3 is 2.29 bits per heavy atom. The van der Waals surface area contributed by atoms with E-state index in [1.54, 1.807) is 0 Å². The maximum Gasteiger partial charge on any atom is 0.391 e. The van der Waals surface area contributed by atoms with E-state index in [4.69, 9.17) is 16.3 Å². The number of ether oxygens (including phenoxy) is 2. The van der Waals surface area contributed by atoms with Crippen LogP contribution in [-0.4, -0.2) is 74.1 Å². The van der Waals surface area contributed by atoms with Gasteiger partial charge in [0.1, 0.15) is 12.7 Å². The molecule has 3 aliphatic rings. The zero-order valence-corrected chi connectivity index (χ0v) is 21.6. The first-order chi connectivity index (χ1) is 16.4. The smallest absolute Gasteiger partial charge is 0.391 e. The van der Waals surface area contributed by atoms with Crippen molar-refractivity contribution in [1.29, 1.82) is 0 Å². The summed E-state index contributed by atoms with van der Waals surface area (Å²) in [5.74, 6) is -2.79. The van der Waals surface area contributed by atoms with Crippen LogP contribution in [0.1, 0.15) is 70.6 Å². The van der Waals surface area contributed by atoms with Gasteiger partial charge < -0.3 is 9.47 Å². The molecule has 0 aliphatic heterocycles. The van der Waals surface area contributed by atoms with E-state index in [2.05, 4.69) is 4.74 Å². The molecule has 0 amide bonds. The topological polar surface area (TPSA) is 72.9 Å². The largest absolute Gasteiger partial charge is 0.468 e. The quantitative estimate of drug-likeness (QED) is 0.242. The molecule has 0 aromatic carbocycles. The summed E-state index contributed by atoms with van der Waals surface area (Å²) in [7, 11) is -3.01. The van der Waals surface area contributed by atoms with Gasteiger partial charge in [-0.2, -0.15) is 17.5 Å². The van der Waals surface area contributed by atoms with Crippen LogP contribution in [0.2, 0.25) is 0 Å². The van der Waals surface area contributed by atoms with Gasteiger partial charge in [0.25, 0.3) is 0 Å². The van der Waals surface area contributed by atoms with Crippen molar-refractivity contribution >= 4 is 27.6 Å². The number of hydrogen-bond acceptors (Lipinski definition) is 5. The Hall–Kier alpha value is -0.650. The number of carbonyl (C=O) groups excluding carboxylic acids is 1. The highest BCUT2D eigenvalue weighted by Crippen LogP contribution is 2.41. The molecule has 204 valence electrons. The normalized spacial score (nSPS) is 35.1. The van der Waals surface area contributed by atoms with Gasteiger partial charge in [-0.1, -0.05) is 6.42 Å². The van der Waals surface area contributed by atoms with E-state index in [-0.39, 0.29) is 43.3 Å². The number of nitrogens with zero attached hydrogens (tertiary/aromatic N) is 1. The van der Waals surface area contributed by atoms with Crippen LogP contribution in [0.3, 0.4) is 0 Å². The van der Waals surface area contributed by atoms with E-state index in [9.17, 15) is 30.8 Å². The van der Waals surface area contributed by atoms with E-state index < -0.39 is 58.5 Å². The molecular formula is C23H36ClF4NO5S. The van der Waals surface area contributed by atoms with Gasteiger partial charge in [-0.05, 0) is 64.2 Å². The van der Waals surface area contributed by atoms with Crippen molar-refractivity contribution in [2.24, 2.45) is 11.8 Å². The fraction of sp³-hybridized carbons (Fsp3) is 0.957. The summed E-state index contributed by atoms with van der Waals surface area (Å²) in [6, 6.07) is -0.533. The molecule has 3 fully saturated rings. The molecule has 3 saturated carbocycles. The van der Waals surface area contributed by atoms with Crippen molar-refractivity contribution in [2.45, 2.75) is 106 Å². The number of sulfonamides is 1. The Morgan fingerprint density at radius 2 is 1.69 bits per heavy atom. The molecule has 0 spiro atoms. The molecule has 0 aromatic heterocycles. The summed E-state index contributed by atoms with van der Waals surface area (Å²) in [6.07, 6.45) is -2.14. The van der Waals surface area contributed by atoms with Gasteiger partial charge in [0.05, 0.1) is 31.0 Å². The second-order valence-electron chi connectivity index (χ2n) is 10.1. The minimum absolute atomic E-state index is 0.0845. The summed E-state index contributed by atoms with van der Waals surface area (Å²) in [6.45, 7) is -0.322. The number of carbonyl (C=O) groups is 1. The first kappa shape index (κ1) is 28.9. The zero-order chi connectivity index (χ0) is 25.8. The first-order valence-corrected chi connectivity index (χ1v) is 14.4. The molecular weight excluding hydrogens is 514 g/mol. The molecule has 12 heteroatoms. The number of alkyl halides is 5. The van der Waals surface area contributed by atoms with Gasteiger partial charge >= 0.3 is 12.1 Å². The van der Waals surface area contributed by atoms with Crippen molar-refractivity contribution in [1.82, 2.24) is 4.31 Å². The fourth-order valence-corrected chi connectivity index (χ4v) is 8.26. The van der Waals surface area contributed by atoms with Crippen LogP contribution in [-0.2, 0) is 24.3 Å². The van der Waals surface area contributed by atoms with E-state index in [1.807, 2.05) is 0 Å². The zero-order valence-electron chi connectivity index (χ0n) is 20.0. The van der Waals surface area contributed by atoms with Crippen LogP contribution >= 0.6 is 11.6 Å². The maximum absolute atomic E-state index is 14.2. The summed E-state index contributed by atoms with van der Waals surface area (Å²) in [5, 5.41) is -1.46. The SMILES string of the molecule is COC(=O)CN(C1CCC(OCC2C(F)CCCC2Cl)CC1)S(=O)(=O)C1CCCC(C(F)(F)F)C1. The predicted octanol–water partition coefficient (Wildman–Crippen LogP) is 4.99. The van der Waals surface area contributed by atoms with Crippen molar-refractivity contribution in [3.05, 3.63) is 0 Å². The summed E-state index contributed by atoms with van der Waals surface area (Å²) in [5.41, 5.74) is 0. The molecule has 3 aliphatic carbocycles. The second kappa shape index (κ2) is 12.3. The number of halogens is 5. The molecule has 0 bridgehead atoms. The van der Waals surface area contributed by atoms with Crippen molar-refractivity contribution in [2.75, 3.05) is 20.3 Å². The lowest BCUT2D eigenvalue weighted by Crippen LogP contribution is -2.51. The van der Waals surface area contributed by atoms with Gasteiger partial charge in [-0.15, -0.1) is 11.6 Å². The lowest BCUT2D eigenvalue weighted by Gasteiger charge is -2.39. The third-order valence-electron chi connectivity index (χ3n) is 7.81. The van der Waals surface area contributed by atoms with E-state index in [1.165, 1.54) is 0 Å². The van der Waals surface area contributed by atoms with E-state index in [0.29, 0.717) is 32.1 Å². The number of esters is 1. The lowest BCUT2D eigenvalue weighted by atomic mass is 9.87. The molecule has 0 aromatic rings. The van der Waals surface area contributed by atoms with Crippen LogP contribution in [0.25, 0.3) is 0 Å².